The molecule has 1 atom stereocenters. The average Bonchev–Trinajstić information content (AvgIpc) is 2.50. The van der Waals surface area contributed by atoms with Crippen LogP contribution in [0.1, 0.15) is 37.3 Å². The Hall–Kier alpha value is -1.59. The number of rotatable bonds is 1. The number of hydrogen-bond acceptors (Lipinski definition) is 1. The maximum atomic E-state index is 13.1. The molecule has 1 aromatic rings. The van der Waals surface area contributed by atoms with Crippen LogP contribution in [0.4, 0.5) is 17.6 Å². The Bertz CT molecular complexity index is 522. The van der Waals surface area contributed by atoms with Gasteiger partial charge in [-0.25, -0.2) is 4.39 Å². The fourth-order valence-corrected chi connectivity index (χ4v) is 2.51. The van der Waals surface area contributed by atoms with E-state index in [1.165, 1.54) is 0 Å². The van der Waals surface area contributed by atoms with E-state index in [1.807, 2.05) is 0 Å². The number of benzene rings is 1. The summed E-state index contributed by atoms with van der Waals surface area (Å²) in [7, 11) is 0. The molecular weight excluding hydrogens is 262 g/mol. The minimum atomic E-state index is -4.64. The molecule has 104 valence electrons. The molecule has 1 unspecified atom stereocenters. The van der Waals surface area contributed by atoms with E-state index in [0.29, 0.717) is 6.07 Å². The molecule has 0 spiro atoms. The van der Waals surface area contributed by atoms with Gasteiger partial charge in [-0.2, -0.15) is 13.2 Å². The second-order valence-electron chi connectivity index (χ2n) is 5.26. The molecule has 0 aromatic heterocycles. The van der Waals surface area contributed by atoms with Crippen LogP contribution < -0.4 is 5.32 Å². The minimum Gasteiger partial charge on any atom is -0.351 e. The number of halogens is 4. The molecule has 6 heteroatoms. The van der Waals surface area contributed by atoms with Crippen molar-refractivity contribution in [3.63, 3.8) is 0 Å². The quantitative estimate of drug-likeness (QED) is 0.783. The van der Waals surface area contributed by atoms with Crippen molar-refractivity contribution in [1.29, 1.82) is 0 Å². The van der Waals surface area contributed by atoms with Gasteiger partial charge in [0.05, 0.1) is 5.56 Å². The summed E-state index contributed by atoms with van der Waals surface area (Å²) in [6.07, 6.45) is -4.67. The molecule has 2 nitrogen and oxygen atoms in total. The SMILES string of the molecule is CC1(C)NC(=O)CC1c1ccc(F)cc1C(F)(F)F. The lowest BCUT2D eigenvalue weighted by molar-refractivity contribution is -0.138. The third-order valence-corrected chi connectivity index (χ3v) is 3.42. The summed E-state index contributed by atoms with van der Waals surface area (Å²) >= 11 is 0. The first kappa shape index (κ1) is 13.8. The molecule has 0 bridgehead atoms. The maximum absolute atomic E-state index is 13.1. The number of alkyl halides is 3. The molecule has 1 aliphatic heterocycles. The Morgan fingerprint density at radius 2 is 1.95 bits per heavy atom. The van der Waals surface area contributed by atoms with E-state index in [-0.39, 0.29) is 17.9 Å². The van der Waals surface area contributed by atoms with E-state index < -0.39 is 29.0 Å². The Morgan fingerprint density at radius 3 is 2.42 bits per heavy atom. The zero-order valence-electron chi connectivity index (χ0n) is 10.4. The molecule has 2 rings (SSSR count). The summed E-state index contributed by atoms with van der Waals surface area (Å²) in [5.74, 6) is -1.86. The summed E-state index contributed by atoms with van der Waals surface area (Å²) in [5.41, 5.74) is -1.84. The second-order valence-corrected chi connectivity index (χ2v) is 5.26. The van der Waals surface area contributed by atoms with Gasteiger partial charge in [-0.05, 0) is 31.5 Å². The van der Waals surface area contributed by atoms with E-state index in [4.69, 9.17) is 0 Å². The van der Waals surface area contributed by atoms with Crippen LogP contribution in [-0.4, -0.2) is 11.4 Å². The van der Waals surface area contributed by atoms with E-state index in [0.717, 1.165) is 12.1 Å². The van der Waals surface area contributed by atoms with E-state index >= 15 is 0 Å². The molecule has 0 radical (unpaired) electrons. The molecule has 0 saturated carbocycles. The summed E-state index contributed by atoms with van der Waals surface area (Å²) in [6.45, 7) is 3.32. The van der Waals surface area contributed by atoms with Gasteiger partial charge in [-0.1, -0.05) is 6.07 Å². The van der Waals surface area contributed by atoms with Gasteiger partial charge in [0.15, 0.2) is 0 Å². The van der Waals surface area contributed by atoms with Gasteiger partial charge in [0.25, 0.3) is 0 Å². The highest BCUT2D eigenvalue weighted by atomic mass is 19.4. The molecule has 1 aromatic carbocycles. The van der Waals surface area contributed by atoms with Crippen LogP contribution in [0.5, 0.6) is 0 Å². The van der Waals surface area contributed by atoms with E-state index in [1.54, 1.807) is 13.8 Å². The summed E-state index contributed by atoms with van der Waals surface area (Å²) < 4.78 is 51.9. The van der Waals surface area contributed by atoms with Crippen LogP contribution in [0.2, 0.25) is 0 Å². The van der Waals surface area contributed by atoms with Crippen molar-refractivity contribution in [1.82, 2.24) is 5.32 Å². The smallest absolute Gasteiger partial charge is 0.351 e. The molecule has 1 fully saturated rings. The van der Waals surface area contributed by atoms with Crippen molar-refractivity contribution in [2.24, 2.45) is 0 Å². The zero-order valence-corrected chi connectivity index (χ0v) is 10.4. The average molecular weight is 275 g/mol. The lowest BCUT2D eigenvalue weighted by Gasteiger charge is -2.28. The van der Waals surface area contributed by atoms with Crippen LogP contribution >= 0.6 is 0 Å². The minimum absolute atomic E-state index is 0.0261. The van der Waals surface area contributed by atoms with E-state index in [9.17, 15) is 22.4 Å². The van der Waals surface area contributed by atoms with Gasteiger partial charge in [-0.3, -0.25) is 4.79 Å². The van der Waals surface area contributed by atoms with E-state index in [2.05, 4.69) is 5.32 Å². The number of carbonyl (C=O) groups is 1. The predicted molar refractivity (Wildman–Crippen MR) is 61.0 cm³/mol. The topological polar surface area (TPSA) is 29.1 Å². The van der Waals surface area contributed by atoms with Crippen molar-refractivity contribution >= 4 is 5.91 Å². The fraction of sp³-hybridized carbons (Fsp3) is 0.462. The van der Waals surface area contributed by atoms with Crippen molar-refractivity contribution in [3.05, 3.63) is 35.1 Å². The Labute approximate surface area is 107 Å². The highest BCUT2D eigenvalue weighted by Gasteiger charge is 2.44. The number of amides is 1. The largest absolute Gasteiger partial charge is 0.416 e. The molecule has 1 N–H and O–H groups in total. The second kappa shape index (κ2) is 4.21. The highest BCUT2D eigenvalue weighted by Crippen LogP contribution is 2.42. The molecule has 1 saturated heterocycles. The van der Waals surface area contributed by atoms with Crippen molar-refractivity contribution in [2.45, 2.75) is 37.9 Å². The number of hydrogen-bond donors (Lipinski definition) is 1. The van der Waals surface area contributed by atoms with Gasteiger partial charge in [0.2, 0.25) is 5.91 Å². The molecular formula is C13H13F4NO. The van der Waals surface area contributed by atoms with Gasteiger partial charge in [-0.15, -0.1) is 0 Å². The summed E-state index contributed by atoms with van der Waals surface area (Å²) in [6, 6.07) is 2.59. The van der Waals surface area contributed by atoms with Crippen LogP contribution in [0.15, 0.2) is 18.2 Å². The van der Waals surface area contributed by atoms with Gasteiger partial charge >= 0.3 is 6.18 Å². The maximum Gasteiger partial charge on any atom is 0.416 e. The fourth-order valence-electron chi connectivity index (χ4n) is 2.51. The molecule has 0 aliphatic carbocycles. The van der Waals surface area contributed by atoms with Crippen LogP contribution in [0.25, 0.3) is 0 Å². The van der Waals surface area contributed by atoms with Crippen LogP contribution in [0.3, 0.4) is 0 Å². The lowest BCUT2D eigenvalue weighted by atomic mass is 9.81. The zero-order chi connectivity index (χ0) is 14.4. The van der Waals surface area contributed by atoms with Gasteiger partial charge in [0, 0.05) is 17.9 Å². The van der Waals surface area contributed by atoms with Gasteiger partial charge < -0.3 is 5.32 Å². The van der Waals surface area contributed by atoms with Crippen molar-refractivity contribution < 1.29 is 22.4 Å². The Morgan fingerprint density at radius 1 is 1.32 bits per heavy atom. The normalized spacial score (nSPS) is 22.4. The standard InChI is InChI=1S/C13H13F4NO/c1-12(2)9(6-11(19)18-12)8-4-3-7(14)5-10(8)13(15,16)17/h3-5,9H,6H2,1-2H3,(H,18,19). The van der Waals surface area contributed by atoms with Crippen molar-refractivity contribution in [3.8, 4) is 0 Å². The van der Waals surface area contributed by atoms with Crippen LogP contribution in [-0.2, 0) is 11.0 Å². The first-order valence-corrected chi connectivity index (χ1v) is 5.79. The lowest BCUT2D eigenvalue weighted by Crippen LogP contribution is -2.39. The predicted octanol–water partition coefficient (Wildman–Crippen LogP) is 3.23. The Balaban J connectivity index is 2.54. The number of carbonyl (C=O) groups excluding carboxylic acids is 1. The third kappa shape index (κ3) is 2.57. The van der Waals surface area contributed by atoms with Crippen molar-refractivity contribution in [2.75, 3.05) is 0 Å². The highest BCUT2D eigenvalue weighted by molar-refractivity contribution is 5.81. The third-order valence-electron chi connectivity index (χ3n) is 3.42. The van der Waals surface area contributed by atoms with Crippen LogP contribution in [0, 0.1) is 5.82 Å². The first-order chi connectivity index (χ1) is 8.61. The van der Waals surface area contributed by atoms with Gasteiger partial charge in [0.1, 0.15) is 5.82 Å². The summed E-state index contributed by atoms with van der Waals surface area (Å²) in [5, 5.41) is 2.63. The molecule has 19 heavy (non-hydrogen) atoms. The molecule has 1 heterocycles. The number of nitrogens with one attached hydrogen (secondary N) is 1. The molecule has 1 amide bonds. The first-order valence-electron chi connectivity index (χ1n) is 5.79. The molecule has 1 aliphatic rings. The Kier molecular flexibility index (Phi) is 3.07. The summed E-state index contributed by atoms with van der Waals surface area (Å²) in [4.78, 5) is 11.4. The monoisotopic (exact) mass is 275 g/mol.